The van der Waals surface area contributed by atoms with Crippen LogP contribution in [0, 0.1) is 0 Å². The largest absolute Gasteiger partial charge is 0.316 e. The van der Waals surface area contributed by atoms with Gasteiger partial charge in [-0.05, 0) is 13.5 Å². The van der Waals surface area contributed by atoms with Crippen LogP contribution in [0.2, 0.25) is 0 Å². The second-order valence-corrected chi connectivity index (χ2v) is 5.75. The molecule has 0 fully saturated rings. The van der Waals surface area contributed by atoms with Crippen molar-refractivity contribution in [3.8, 4) is 0 Å². The van der Waals surface area contributed by atoms with Crippen LogP contribution in [0.4, 0.5) is 0 Å². The lowest BCUT2D eigenvalue weighted by Crippen LogP contribution is -2.34. The molecule has 17 heavy (non-hydrogen) atoms. The number of hydrogen-bond acceptors (Lipinski definition) is 4. The molecule has 0 aliphatic carbocycles. The first kappa shape index (κ1) is 12.3. The number of nitrogens with one attached hydrogen (secondary N) is 2. The average molecular weight is 256 g/mol. The van der Waals surface area contributed by atoms with Crippen LogP contribution in [0.1, 0.15) is 12.0 Å². The van der Waals surface area contributed by atoms with E-state index in [1.54, 1.807) is 13.2 Å². The van der Waals surface area contributed by atoms with E-state index < -0.39 is 10.0 Å². The molecule has 1 aromatic rings. The van der Waals surface area contributed by atoms with Crippen LogP contribution in [0.15, 0.2) is 23.4 Å². The maximum absolute atomic E-state index is 12.3. The summed E-state index contributed by atoms with van der Waals surface area (Å²) in [5.74, 6) is 0. The topological polar surface area (TPSA) is 78.1 Å². The Morgan fingerprint density at radius 1 is 1.53 bits per heavy atom. The van der Waals surface area contributed by atoms with Crippen molar-refractivity contribution in [2.75, 3.05) is 20.1 Å². The first-order valence-electron chi connectivity index (χ1n) is 5.48. The van der Waals surface area contributed by atoms with Crippen LogP contribution >= 0.6 is 0 Å². The van der Waals surface area contributed by atoms with E-state index in [0.717, 1.165) is 6.42 Å². The summed E-state index contributed by atoms with van der Waals surface area (Å²) in [6.45, 7) is 1.44. The zero-order chi connectivity index (χ0) is 12.3. The van der Waals surface area contributed by atoms with E-state index in [-0.39, 0.29) is 5.03 Å². The summed E-state index contributed by atoms with van der Waals surface area (Å²) in [6.07, 6.45) is 6.17. The van der Waals surface area contributed by atoms with Crippen LogP contribution in [0.3, 0.4) is 0 Å². The summed E-state index contributed by atoms with van der Waals surface area (Å²) in [5.41, 5.74) is 0.669. The lowest BCUT2D eigenvalue weighted by molar-refractivity contribution is 0.434. The molecule has 94 valence electrons. The van der Waals surface area contributed by atoms with Gasteiger partial charge in [-0.2, -0.15) is 9.40 Å². The number of nitrogens with zero attached hydrogens (tertiary/aromatic N) is 2. The van der Waals surface area contributed by atoms with Gasteiger partial charge in [0.25, 0.3) is 10.0 Å². The first-order valence-corrected chi connectivity index (χ1v) is 6.92. The molecule has 2 heterocycles. The van der Waals surface area contributed by atoms with Crippen molar-refractivity contribution in [2.24, 2.45) is 0 Å². The summed E-state index contributed by atoms with van der Waals surface area (Å²) in [6, 6.07) is 0. The van der Waals surface area contributed by atoms with Crippen LogP contribution in [0.25, 0.3) is 0 Å². The van der Waals surface area contributed by atoms with Gasteiger partial charge in [0.1, 0.15) is 0 Å². The third-order valence-corrected chi connectivity index (χ3v) is 4.54. The molecule has 6 nitrogen and oxygen atoms in total. The van der Waals surface area contributed by atoms with Crippen molar-refractivity contribution < 1.29 is 8.42 Å². The van der Waals surface area contributed by atoms with Gasteiger partial charge in [0.2, 0.25) is 0 Å². The lowest BCUT2D eigenvalue weighted by atomic mass is 10.3. The number of rotatable bonds is 4. The molecule has 1 aliphatic heterocycles. The van der Waals surface area contributed by atoms with Gasteiger partial charge in [0, 0.05) is 25.2 Å². The van der Waals surface area contributed by atoms with E-state index in [1.807, 2.05) is 12.2 Å². The van der Waals surface area contributed by atoms with E-state index in [1.165, 1.54) is 4.31 Å². The minimum absolute atomic E-state index is 0.196. The Bertz CT molecular complexity index is 506. The molecule has 0 saturated heterocycles. The van der Waals surface area contributed by atoms with Crippen molar-refractivity contribution in [3.63, 3.8) is 0 Å². The van der Waals surface area contributed by atoms with E-state index in [2.05, 4.69) is 15.5 Å². The van der Waals surface area contributed by atoms with Crippen molar-refractivity contribution in [1.82, 2.24) is 19.8 Å². The summed E-state index contributed by atoms with van der Waals surface area (Å²) < 4.78 is 26.1. The average Bonchev–Trinajstić information content (AvgIpc) is 2.80. The Labute approximate surface area is 101 Å². The van der Waals surface area contributed by atoms with Crippen LogP contribution in [-0.4, -0.2) is 43.1 Å². The van der Waals surface area contributed by atoms with Crippen LogP contribution in [0.5, 0.6) is 0 Å². The number of sulfonamides is 1. The number of hydrogen-bond donors (Lipinski definition) is 2. The SMILES string of the molecule is CNCc1cn[nH]c1S(=O)(=O)N1CC=CCC1. The fourth-order valence-corrected chi connectivity index (χ4v) is 3.32. The van der Waals surface area contributed by atoms with Gasteiger partial charge in [-0.15, -0.1) is 0 Å². The normalized spacial score (nSPS) is 17.5. The fraction of sp³-hybridized carbons (Fsp3) is 0.500. The molecule has 0 unspecified atom stereocenters. The summed E-state index contributed by atoms with van der Waals surface area (Å²) in [5, 5.41) is 9.52. The van der Waals surface area contributed by atoms with Gasteiger partial charge in [0.15, 0.2) is 5.03 Å². The predicted molar refractivity (Wildman–Crippen MR) is 63.9 cm³/mol. The number of aromatic nitrogens is 2. The molecule has 2 rings (SSSR count). The van der Waals surface area contributed by atoms with Crippen molar-refractivity contribution in [2.45, 2.75) is 18.0 Å². The Hall–Kier alpha value is -1.18. The van der Waals surface area contributed by atoms with E-state index in [0.29, 0.717) is 25.2 Å². The molecule has 1 aliphatic rings. The van der Waals surface area contributed by atoms with Crippen LogP contribution in [-0.2, 0) is 16.6 Å². The Morgan fingerprint density at radius 2 is 2.35 bits per heavy atom. The molecular formula is C10H16N4O2S. The molecule has 0 bridgehead atoms. The molecule has 0 saturated carbocycles. The third-order valence-electron chi connectivity index (χ3n) is 2.66. The smallest absolute Gasteiger partial charge is 0.260 e. The number of H-pyrrole nitrogens is 1. The highest BCUT2D eigenvalue weighted by Gasteiger charge is 2.28. The zero-order valence-corrected chi connectivity index (χ0v) is 10.5. The zero-order valence-electron chi connectivity index (χ0n) is 9.68. The third kappa shape index (κ3) is 2.41. The van der Waals surface area contributed by atoms with Crippen molar-refractivity contribution in [1.29, 1.82) is 0 Å². The number of aromatic amines is 1. The van der Waals surface area contributed by atoms with Gasteiger partial charge in [-0.1, -0.05) is 12.2 Å². The van der Waals surface area contributed by atoms with Gasteiger partial charge >= 0.3 is 0 Å². The summed E-state index contributed by atoms with van der Waals surface area (Å²) >= 11 is 0. The van der Waals surface area contributed by atoms with Crippen molar-refractivity contribution >= 4 is 10.0 Å². The van der Waals surface area contributed by atoms with Gasteiger partial charge in [-0.25, -0.2) is 8.42 Å². The van der Waals surface area contributed by atoms with E-state index in [9.17, 15) is 8.42 Å². The fourth-order valence-electron chi connectivity index (χ4n) is 1.81. The van der Waals surface area contributed by atoms with Crippen molar-refractivity contribution in [3.05, 3.63) is 23.9 Å². The minimum Gasteiger partial charge on any atom is -0.316 e. The first-order chi connectivity index (χ1) is 8.16. The Balaban J connectivity index is 2.30. The highest BCUT2D eigenvalue weighted by Crippen LogP contribution is 2.19. The standard InChI is InChI=1S/C10H16N4O2S/c1-11-7-9-8-12-13-10(9)17(15,16)14-5-3-2-4-6-14/h2-3,8,11H,4-7H2,1H3,(H,12,13). The Kier molecular flexibility index (Phi) is 3.60. The highest BCUT2D eigenvalue weighted by molar-refractivity contribution is 7.89. The molecular weight excluding hydrogens is 240 g/mol. The molecule has 1 aromatic heterocycles. The van der Waals surface area contributed by atoms with E-state index in [4.69, 9.17) is 0 Å². The second-order valence-electron chi connectivity index (χ2n) is 3.88. The molecule has 0 aromatic carbocycles. The summed E-state index contributed by atoms with van der Waals surface area (Å²) in [4.78, 5) is 0. The maximum atomic E-state index is 12.3. The van der Waals surface area contributed by atoms with Gasteiger partial charge in [-0.3, -0.25) is 5.10 Å². The molecule has 2 N–H and O–H groups in total. The molecule has 7 heteroatoms. The Morgan fingerprint density at radius 3 is 3.00 bits per heavy atom. The molecule has 0 amide bonds. The van der Waals surface area contributed by atoms with E-state index >= 15 is 0 Å². The quantitative estimate of drug-likeness (QED) is 0.748. The predicted octanol–water partition coefficient (Wildman–Crippen LogP) is 0.0797. The van der Waals surface area contributed by atoms with Gasteiger partial charge < -0.3 is 5.32 Å². The maximum Gasteiger partial charge on any atom is 0.260 e. The summed E-state index contributed by atoms with van der Waals surface area (Å²) in [7, 11) is -1.68. The molecule has 0 radical (unpaired) electrons. The lowest BCUT2D eigenvalue weighted by Gasteiger charge is -2.22. The monoisotopic (exact) mass is 256 g/mol. The molecule has 0 atom stereocenters. The minimum atomic E-state index is -3.45. The van der Waals surface area contributed by atoms with Crippen LogP contribution < -0.4 is 5.32 Å². The second kappa shape index (κ2) is 4.99. The van der Waals surface area contributed by atoms with Gasteiger partial charge in [0.05, 0.1) is 6.20 Å². The molecule has 0 spiro atoms. The highest BCUT2D eigenvalue weighted by atomic mass is 32.2.